The number of carbonyl (C=O) groups is 1. The van der Waals surface area contributed by atoms with Gasteiger partial charge in [-0.1, -0.05) is 192 Å². The summed E-state index contributed by atoms with van der Waals surface area (Å²) in [6.45, 7) is 10.1. The summed E-state index contributed by atoms with van der Waals surface area (Å²) in [5.41, 5.74) is 7.84. The van der Waals surface area contributed by atoms with Gasteiger partial charge in [0, 0.05) is 6.92 Å². The van der Waals surface area contributed by atoms with Gasteiger partial charge in [-0.05, 0) is 108 Å². The Labute approximate surface area is 347 Å². The molecule has 56 heavy (non-hydrogen) atoms. The van der Waals surface area contributed by atoms with Crippen molar-refractivity contribution in [1.82, 2.24) is 0 Å². The van der Waals surface area contributed by atoms with Gasteiger partial charge in [0.15, 0.2) is 0 Å². The van der Waals surface area contributed by atoms with E-state index in [-0.39, 0.29) is 25.4 Å². The minimum absolute atomic E-state index is 0. The van der Waals surface area contributed by atoms with E-state index in [9.17, 15) is 4.79 Å². The number of ether oxygens (including phenoxy) is 1. The van der Waals surface area contributed by atoms with Crippen LogP contribution < -0.4 is 31.8 Å². The van der Waals surface area contributed by atoms with Crippen LogP contribution in [0.4, 0.5) is 0 Å². The van der Waals surface area contributed by atoms with Crippen LogP contribution in [-0.4, -0.2) is 13.1 Å². The van der Waals surface area contributed by atoms with E-state index in [1.807, 2.05) is 0 Å². The zero-order valence-corrected chi connectivity index (χ0v) is 36.3. The summed E-state index contributed by atoms with van der Waals surface area (Å²) in [7, 11) is -0.421. The van der Waals surface area contributed by atoms with Crippen LogP contribution >= 0.6 is 15.8 Å². The van der Waals surface area contributed by atoms with Gasteiger partial charge in [0.2, 0.25) is 0 Å². The van der Waals surface area contributed by atoms with E-state index < -0.39 is 15.8 Å². The molecule has 0 fully saturated rings. The van der Waals surface area contributed by atoms with E-state index in [2.05, 4.69) is 202 Å². The molecule has 278 valence electrons. The summed E-state index contributed by atoms with van der Waals surface area (Å²) >= 11 is 0. The molecule has 8 aromatic carbocycles. The average Bonchev–Trinajstić information content (AvgIpc) is 3.21. The van der Waals surface area contributed by atoms with Crippen molar-refractivity contribution in [3.05, 3.63) is 192 Å². The van der Waals surface area contributed by atoms with Gasteiger partial charge in [0.25, 0.3) is 0 Å². The molecule has 0 bridgehead atoms. The Kier molecular flexibility index (Phi) is 13.5. The third-order valence-corrected chi connectivity index (χ3v) is 15.0. The Morgan fingerprint density at radius 2 is 0.679 bits per heavy atom. The number of rotatable bonds is 7. The van der Waals surface area contributed by atoms with Gasteiger partial charge in [-0.15, -0.1) is 0 Å². The van der Waals surface area contributed by atoms with Gasteiger partial charge in [0.05, 0.1) is 7.11 Å². The quantitative estimate of drug-likeness (QED) is 0.0907. The van der Waals surface area contributed by atoms with Crippen molar-refractivity contribution in [3.63, 3.8) is 0 Å². The fourth-order valence-corrected chi connectivity index (χ4v) is 11.9. The number of esters is 1. The molecule has 0 aliphatic heterocycles. The van der Waals surface area contributed by atoms with Crippen LogP contribution in [0.25, 0.3) is 32.7 Å². The van der Waals surface area contributed by atoms with Crippen LogP contribution in [0.5, 0.6) is 0 Å². The van der Waals surface area contributed by atoms with E-state index in [1.54, 1.807) is 0 Å². The summed E-state index contributed by atoms with van der Waals surface area (Å²) in [6, 6.07) is 64.6. The second kappa shape index (κ2) is 18.5. The minimum Gasteiger partial charge on any atom is -0.469 e. The topological polar surface area (TPSA) is 26.3 Å². The fraction of sp³-hybridized carbons (Fsp3) is 0.118. The Morgan fingerprint density at radius 1 is 0.411 bits per heavy atom. The summed E-state index contributed by atoms with van der Waals surface area (Å²) in [6.07, 6.45) is 0. The van der Waals surface area contributed by atoms with Crippen molar-refractivity contribution in [3.8, 4) is 11.1 Å². The Hall–Kier alpha value is -4.77. The summed E-state index contributed by atoms with van der Waals surface area (Å²) in [5.74, 6) is -0.245. The van der Waals surface area contributed by atoms with Crippen molar-refractivity contribution < 1.29 is 29.0 Å². The number of benzene rings is 8. The van der Waals surface area contributed by atoms with Gasteiger partial charge < -0.3 is 4.74 Å². The maximum Gasteiger partial charge on any atom is 2.00 e. The molecular weight excluding hydrogens is 808 g/mol. The van der Waals surface area contributed by atoms with Crippen LogP contribution in [0.2, 0.25) is 0 Å². The number of hydrogen-bond donors (Lipinski definition) is 0. The monoisotopic (exact) mass is 854 g/mol. The van der Waals surface area contributed by atoms with Crippen LogP contribution in [0.3, 0.4) is 0 Å². The molecule has 0 spiro atoms. The van der Waals surface area contributed by atoms with E-state index in [4.69, 9.17) is 0 Å². The fourth-order valence-electron chi connectivity index (χ4n) is 7.05. The second-order valence-electron chi connectivity index (χ2n) is 14.1. The van der Waals surface area contributed by atoms with Crippen molar-refractivity contribution in [2.75, 3.05) is 7.11 Å². The number of fused-ring (bicyclic) bond motifs is 2. The predicted molar refractivity (Wildman–Crippen MR) is 241 cm³/mol. The first-order chi connectivity index (χ1) is 26.7. The molecule has 0 saturated carbocycles. The van der Waals surface area contributed by atoms with Crippen LogP contribution in [0, 0.1) is 27.7 Å². The molecule has 2 nitrogen and oxygen atoms in total. The molecule has 0 amide bonds. The van der Waals surface area contributed by atoms with Crippen molar-refractivity contribution in [2.45, 2.75) is 34.6 Å². The first kappa shape index (κ1) is 40.9. The standard InChI is InChI=1S/C48H40P2.C3H6O2.Ru/c1-33-13-23-39(24-14-33)49(40-25-15-34(2)16-26-40)45-31-21-37-9-5-7-11-43(37)47(45)48-44-12-8-6-10-38(44)22-32-46(48)50(41-27-17-35(3)18-28-41)42-29-19-36(4)20-30-42;1-3(4)5-2;/h5-32H,1-4H3;1-2H3;/q;;+2. The molecule has 0 aliphatic carbocycles. The van der Waals surface area contributed by atoms with E-state index in [0.717, 1.165) is 0 Å². The number of hydrogen-bond acceptors (Lipinski definition) is 2. The summed E-state index contributed by atoms with van der Waals surface area (Å²) in [5, 5.41) is 13.4. The number of carbonyl (C=O) groups excluding carboxylic acids is 1. The van der Waals surface area contributed by atoms with Crippen molar-refractivity contribution in [2.24, 2.45) is 0 Å². The van der Waals surface area contributed by atoms with Crippen LogP contribution in [0.1, 0.15) is 29.2 Å². The third-order valence-electron chi connectivity index (χ3n) is 10.0. The first-order valence-electron chi connectivity index (χ1n) is 18.7. The van der Waals surface area contributed by atoms with Crippen LogP contribution in [0.15, 0.2) is 170 Å². The molecule has 0 atom stereocenters. The molecule has 8 rings (SSSR count). The van der Waals surface area contributed by atoms with Gasteiger partial charge >= 0.3 is 25.4 Å². The second-order valence-corrected chi connectivity index (χ2v) is 18.4. The van der Waals surface area contributed by atoms with E-state index >= 15 is 0 Å². The SMILES string of the molecule is COC(C)=O.Cc1ccc(P(c2ccc(C)cc2)c2ccc3ccccc3c2-c2c(P(c3ccc(C)cc3)c3ccc(C)cc3)ccc3ccccc23)cc1.[Ru+2]. The Morgan fingerprint density at radius 3 is 0.946 bits per heavy atom. The first-order valence-corrected chi connectivity index (χ1v) is 21.4. The average molecular weight is 854 g/mol. The zero-order valence-electron chi connectivity index (χ0n) is 32.7. The molecule has 0 radical (unpaired) electrons. The largest absolute Gasteiger partial charge is 2.00 e. The van der Waals surface area contributed by atoms with Gasteiger partial charge in [-0.3, -0.25) is 4.79 Å². The zero-order chi connectivity index (χ0) is 38.5. The molecular formula is C51H46O2P2Ru+2. The predicted octanol–water partition coefficient (Wildman–Crippen LogP) is 10.6. The minimum atomic E-state index is -0.885. The Balaban J connectivity index is 0.000000835. The van der Waals surface area contributed by atoms with Gasteiger partial charge in [-0.25, -0.2) is 0 Å². The molecule has 8 aromatic rings. The molecule has 0 aromatic heterocycles. The maximum atomic E-state index is 9.59. The van der Waals surface area contributed by atoms with Crippen molar-refractivity contribution >= 4 is 75.2 Å². The van der Waals surface area contributed by atoms with E-state index in [0.29, 0.717) is 0 Å². The molecule has 0 unspecified atom stereocenters. The van der Waals surface area contributed by atoms with Crippen LogP contribution in [-0.2, 0) is 29.0 Å². The molecule has 0 N–H and O–H groups in total. The van der Waals surface area contributed by atoms with E-state index in [1.165, 1.54) is 101 Å². The molecule has 0 heterocycles. The number of methoxy groups -OCH3 is 1. The maximum absolute atomic E-state index is 9.59. The Bertz CT molecular complexity index is 2310. The normalized spacial score (nSPS) is 10.9. The molecule has 0 aliphatic rings. The number of aryl methyl sites for hydroxylation is 4. The summed E-state index contributed by atoms with van der Waals surface area (Å²) < 4.78 is 4.11. The van der Waals surface area contributed by atoms with Gasteiger partial charge in [0.1, 0.15) is 0 Å². The third kappa shape index (κ3) is 8.93. The van der Waals surface area contributed by atoms with Crippen molar-refractivity contribution in [1.29, 1.82) is 0 Å². The van der Waals surface area contributed by atoms with Gasteiger partial charge in [-0.2, -0.15) is 0 Å². The molecule has 5 heteroatoms. The smallest absolute Gasteiger partial charge is 0.469 e. The molecule has 0 saturated heterocycles. The summed E-state index contributed by atoms with van der Waals surface area (Å²) in [4.78, 5) is 9.59.